The van der Waals surface area contributed by atoms with Crippen molar-refractivity contribution < 1.29 is 4.74 Å². The van der Waals surface area contributed by atoms with E-state index in [-0.39, 0.29) is 0 Å². The van der Waals surface area contributed by atoms with Gasteiger partial charge in [0.25, 0.3) is 0 Å². The molecule has 0 spiro atoms. The zero-order valence-electron chi connectivity index (χ0n) is 11.4. The van der Waals surface area contributed by atoms with Crippen LogP contribution in [-0.2, 0) is 4.74 Å². The van der Waals surface area contributed by atoms with Crippen LogP contribution >= 0.6 is 11.8 Å². The fourth-order valence-electron chi connectivity index (χ4n) is 2.54. The molecule has 2 atom stereocenters. The lowest BCUT2D eigenvalue weighted by Gasteiger charge is -2.40. The summed E-state index contributed by atoms with van der Waals surface area (Å²) < 4.78 is 5.80. The highest BCUT2D eigenvalue weighted by atomic mass is 32.2. The van der Waals surface area contributed by atoms with Gasteiger partial charge >= 0.3 is 0 Å². The maximum atomic E-state index is 5.80. The summed E-state index contributed by atoms with van der Waals surface area (Å²) in [5.74, 6) is 2.56. The zero-order valence-corrected chi connectivity index (χ0v) is 12.2. The minimum Gasteiger partial charge on any atom is -0.374 e. The van der Waals surface area contributed by atoms with E-state index >= 15 is 0 Å². The number of rotatable bonds is 3. The summed E-state index contributed by atoms with van der Waals surface area (Å²) in [6, 6.07) is 0.636. The number of hydrogen-bond acceptors (Lipinski definition) is 4. The van der Waals surface area contributed by atoms with E-state index in [1.807, 2.05) is 0 Å². The van der Waals surface area contributed by atoms with E-state index in [4.69, 9.17) is 4.74 Å². The minimum absolute atomic E-state index is 0.372. The van der Waals surface area contributed by atoms with Crippen LogP contribution in [0.3, 0.4) is 0 Å². The van der Waals surface area contributed by atoms with Gasteiger partial charge in [0.2, 0.25) is 0 Å². The third-order valence-electron chi connectivity index (χ3n) is 4.05. The highest BCUT2D eigenvalue weighted by Crippen LogP contribution is 2.34. The Hall–Kier alpha value is 0.230. The Labute approximate surface area is 110 Å². The van der Waals surface area contributed by atoms with Crippen molar-refractivity contribution in [3.63, 3.8) is 0 Å². The Morgan fingerprint density at radius 2 is 2.29 bits per heavy atom. The molecule has 0 bridgehead atoms. The normalized spacial score (nSPS) is 34.8. The van der Waals surface area contributed by atoms with Crippen LogP contribution in [0.15, 0.2) is 0 Å². The Balaban J connectivity index is 1.76. The first-order valence-electron chi connectivity index (χ1n) is 6.69. The number of thioether (sulfide) groups is 1. The first-order chi connectivity index (χ1) is 8.08. The summed E-state index contributed by atoms with van der Waals surface area (Å²) in [5, 5.41) is 3.73. The zero-order chi connectivity index (χ0) is 12.3. The van der Waals surface area contributed by atoms with Crippen molar-refractivity contribution >= 4 is 11.8 Å². The van der Waals surface area contributed by atoms with Crippen LogP contribution in [0.1, 0.15) is 20.3 Å². The van der Waals surface area contributed by atoms with Gasteiger partial charge in [-0.15, -0.1) is 0 Å². The molecule has 3 nitrogen and oxygen atoms in total. The van der Waals surface area contributed by atoms with Crippen molar-refractivity contribution in [3.05, 3.63) is 0 Å². The summed E-state index contributed by atoms with van der Waals surface area (Å²) in [6.45, 7) is 8.79. The van der Waals surface area contributed by atoms with Crippen LogP contribution in [0.25, 0.3) is 0 Å². The smallest absolute Gasteiger partial charge is 0.0826 e. The van der Waals surface area contributed by atoms with E-state index in [0.29, 0.717) is 17.6 Å². The molecular weight excluding hydrogens is 232 g/mol. The summed E-state index contributed by atoms with van der Waals surface area (Å²) in [5.41, 5.74) is 0.436. The van der Waals surface area contributed by atoms with Crippen LogP contribution in [0, 0.1) is 5.41 Å². The highest BCUT2D eigenvalue weighted by molar-refractivity contribution is 7.99. The number of morpholine rings is 1. The van der Waals surface area contributed by atoms with Gasteiger partial charge in [-0.2, -0.15) is 11.8 Å². The fourth-order valence-corrected chi connectivity index (χ4v) is 4.18. The molecule has 1 N–H and O–H groups in total. The maximum Gasteiger partial charge on any atom is 0.0826 e. The van der Waals surface area contributed by atoms with Crippen LogP contribution in [-0.4, -0.2) is 61.8 Å². The average molecular weight is 258 g/mol. The third-order valence-corrected chi connectivity index (χ3v) is 5.11. The van der Waals surface area contributed by atoms with E-state index in [2.05, 4.69) is 42.9 Å². The molecule has 0 aromatic carbocycles. The molecule has 0 aromatic rings. The number of ether oxygens (including phenoxy) is 1. The molecule has 17 heavy (non-hydrogen) atoms. The maximum absolute atomic E-state index is 5.80. The molecule has 0 aromatic heterocycles. The Kier molecular flexibility index (Phi) is 4.75. The first kappa shape index (κ1) is 13.7. The third kappa shape index (κ3) is 3.85. The van der Waals surface area contributed by atoms with Gasteiger partial charge in [-0.3, -0.25) is 0 Å². The van der Waals surface area contributed by atoms with Crippen molar-refractivity contribution in [1.29, 1.82) is 0 Å². The number of nitrogens with zero attached hydrogens (tertiary/aromatic N) is 1. The molecule has 2 fully saturated rings. The van der Waals surface area contributed by atoms with Crippen molar-refractivity contribution in [2.24, 2.45) is 5.41 Å². The van der Waals surface area contributed by atoms with Crippen molar-refractivity contribution in [2.45, 2.75) is 32.4 Å². The summed E-state index contributed by atoms with van der Waals surface area (Å²) in [6.07, 6.45) is 1.69. The monoisotopic (exact) mass is 258 g/mol. The summed E-state index contributed by atoms with van der Waals surface area (Å²) >= 11 is 2.08. The summed E-state index contributed by atoms with van der Waals surface area (Å²) in [4.78, 5) is 2.36. The van der Waals surface area contributed by atoms with Crippen molar-refractivity contribution in [3.8, 4) is 0 Å². The quantitative estimate of drug-likeness (QED) is 0.828. The lowest BCUT2D eigenvalue weighted by molar-refractivity contribution is -0.0208. The van der Waals surface area contributed by atoms with Gasteiger partial charge in [0.1, 0.15) is 0 Å². The molecule has 0 aliphatic carbocycles. The Bertz CT molecular complexity index is 248. The predicted octanol–water partition coefficient (Wildman–Crippen LogP) is 1.44. The highest BCUT2D eigenvalue weighted by Gasteiger charge is 2.32. The van der Waals surface area contributed by atoms with Gasteiger partial charge in [-0.25, -0.2) is 0 Å². The molecule has 0 saturated carbocycles. The lowest BCUT2D eigenvalue weighted by Crippen LogP contribution is -2.52. The molecule has 2 rings (SSSR count). The van der Waals surface area contributed by atoms with E-state index in [9.17, 15) is 0 Å². The van der Waals surface area contributed by atoms with Gasteiger partial charge in [-0.1, -0.05) is 13.8 Å². The van der Waals surface area contributed by atoms with Gasteiger partial charge in [0, 0.05) is 31.4 Å². The van der Waals surface area contributed by atoms with E-state index < -0.39 is 0 Å². The molecule has 2 saturated heterocycles. The van der Waals surface area contributed by atoms with Crippen molar-refractivity contribution in [2.75, 3.05) is 44.8 Å². The summed E-state index contributed by atoms with van der Waals surface area (Å²) in [7, 11) is 2.18. The average Bonchev–Trinajstić information content (AvgIpc) is 2.27. The van der Waals surface area contributed by atoms with E-state index in [0.717, 1.165) is 26.2 Å². The molecule has 2 unspecified atom stereocenters. The minimum atomic E-state index is 0.372. The van der Waals surface area contributed by atoms with Gasteiger partial charge in [-0.05, 0) is 24.6 Å². The van der Waals surface area contributed by atoms with Crippen LogP contribution in [0.5, 0.6) is 0 Å². The second-order valence-corrected chi connectivity index (χ2v) is 7.18. The molecule has 2 heterocycles. The molecule has 0 radical (unpaired) electrons. The van der Waals surface area contributed by atoms with Gasteiger partial charge in [0.15, 0.2) is 0 Å². The molecule has 4 heteroatoms. The first-order valence-corrected chi connectivity index (χ1v) is 7.85. The second-order valence-electron chi connectivity index (χ2n) is 6.03. The molecular formula is C13H26N2OS. The molecule has 100 valence electrons. The van der Waals surface area contributed by atoms with Crippen LogP contribution in [0.4, 0.5) is 0 Å². The molecule has 2 aliphatic rings. The number of likely N-dealkylation sites (N-methyl/N-ethyl adjacent to an activating group) is 1. The number of hydrogen-bond donors (Lipinski definition) is 1. The largest absolute Gasteiger partial charge is 0.374 e. The fraction of sp³-hybridized carbons (Fsp3) is 1.00. The molecule has 0 amide bonds. The molecule has 2 aliphatic heterocycles. The SMILES string of the molecule is CN1CCOC(CNC2CSCCC2(C)C)C1. The number of nitrogens with one attached hydrogen (secondary N) is 1. The standard InChI is InChI=1S/C13H26N2OS/c1-13(2)4-7-17-10-12(13)14-8-11-9-15(3)5-6-16-11/h11-12,14H,4-10H2,1-3H3. The second kappa shape index (κ2) is 5.91. The Morgan fingerprint density at radius 3 is 3.00 bits per heavy atom. The van der Waals surface area contributed by atoms with Crippen molar-refractivity contribution in [1.82, 2.24) is 10.2 Å². The topological polar surface area (TPSA) is 24.5 Å². The predicted molar refractivity (Wildman–Crippen MR) is 74.8 cm³/mol. The van der Waals surface area contributed by atoms with Crippen LogP contribution in [0.2, 0.25) is 0 Å². The van der Waals surface area contributed by atoms with Crippen LogP contribution < -0.4 is 5.32 Å². The Morgan fingerprint density at radius 1 is 1.47 bits per heavy atom. The lowest BCUT2D eigenvalue weighted by atomic mass is 9.82. The van der Waals surface area contributed by atoms with Gasteiger partial charge < -0.3 is 15.0 Å². The van der Waals surface area contributed by atoms with Gasteiger partial charge in [0.05, 0.1) is 12.7 Å². The van der Waals surface area contributed by atoms with E-state index in [1.165, 1.54) is 17.9 Å². The van der Waals surface area contributed by atoms with E-state index in [1.54, 1.807) is 0 Å².